The van der Waals surface area contributed by atoms with Gasteiger partial charge >= 0.3 is 0 Å². The summed E-state index contributed by atoms with van der Waals surface area (Å²) in [6.07, 6.45) is 0.500. The van der Waals surface area contributed by atoms with Crippen molar-refractivity contribution in [3.63, 3.8) is 0 Å². The molecule has 1 aliphatic rings. The maximum atomic E-state index is 12.6. The molecule has 0 aliphatic carbocycles. The maximum Gasteiger partial charge on any atom is 0.276 e. The van der Waals surface area contributed by atoms with Gasteiger partial charge in [0.25, 0.3) is 5.91 Å². The van der Waals surface area contributed by atoms with Gasteiger partial charge in [0.05, 0.1) is 28.1 Å². The number of hydrogen-bond donors (Lipinski definition) is 1. The molecule has 142 valence electrons. The Hall–Kier alpha value is -1.56. The lowest BCUT2D eigenvalue weighted by Crippen LogP contribution is -2.19. The van der Waals surface area contributed by atoms with Gasteiger partial charge in [-0.05, 0) is 35.3 Å². The minimum absolute atomic E-state index is 0.0467. The van der Waals surface area contributed by atoms with Gasteiger partial charge < -0.3 is 5.32 Å². The normalized spacial score (nSPS) is 18.7. The zero-order valence-electron chi connectivity index (χ0n) is 14.2. The molecule has 1 amide bonds. The first-order valence-electron chi connectivity index (χ1n) is 8.08. The number of aryl methyl sites for hydroxylation is 1. The molecule has 11 heteroatoms. The summed E-state index contributed by atoms with van der Waals surface area (Å²) in [4.78, 5) is 18.0. The third-order valence-corrected chi connectivity index (χ3v) is 8.62. The second kappa shape index (κ2) is 7.12. The minimum atomic E-state index is -3.04. The molecule has 3 aromatic heterocycles. The highest BCUT2D eigenvalue weighted by Gasteiger charge is 2.31. The quantitative estimate of drug-likeness (QED) is 0.605. The van der Waals surface area contributed by atoms with Gasteiger partial charge in [0, 0.05) is 21.3 Å². The number of amides is 1. The molecule has 3 aromatic rings. The summed E-state index contributed by atoms with van der Waals surface area (Å²) in [6.45, 7) is 1.81. The topological polar surface area (TPSA) is 94.0 Å². The molecule has 4 heterocycles. The first kappa shape index (κ1) is 18.8. The fourth-order valence-corrected chi connectivity index (χ4v) is 6.95. The maximum absolute atomic E-state index is 12.6. The third kappa shape index (κ3) is 4.00. The third-order valence-electron chi connectivity index (χ3n) is 4.17. The van der Waals surface area contributed by atoms with E-state index in [0.29, 0.717) is 17.9 Å². The van der Waals surface area contributed by atoms with Crippen molar-refractivity contribution in [1.29, 1.82) is 0 Å². The number of rotatable bonds is 4. The zero-order valence-corrected chi connectivity index (χ0v) is 18.2. The monoisotopic (exact) mass is 486 g/mol. The number of thiazole rings is 1. The minimum Gasteiger partial charge on any atom is -0.305 e. The summed E-state index contributed by atoms with van der Waals surface area (Å²) in [6, 6.07) is 3.45. The molecule has 1 fully saturated rings. The van der Waals surface area contributed by atoms with E-state index in [0.717, 1.165) is 20.1 Å². The predicted molar refractivity (Wildman–Crippen MR) is 110 cm³/mol. The van der Waals surface area contributed by atoms with E-state index in [-0.39, 0.29) is 23.5 Å². The molecule has 4 rings (SSSR count). The SMILES string of the molecule is Cc1cc(NC(=O)c2csc(-c3cc(Br)cs3)n2)n(C2CCS(=O)(=O)C2)n1. The molecule has 1 atom stereocenters. The number of anilines is 1. The molecule has 1 N–H and O–H groups in total. The molecule has 0 bridgehead atoms. The number of carbonyl (C=O) groups excluding carboxylic acids is 1. The molecule has 1 unspecified atom stereocenters. The van der Waals surface area contributed by atoms with Crippen LogP contribution in [0.1, 0.15) is 28.6 Å². The lowest BCUT2D eigenvalue weighted by atomic mass is 10.3. The smallest absolute Gasteiger partial charge is 0.276 e. The van der Waals surface area contributed by atoms with Crippen molar-refractivity contribution < 1.29 is 13.2 Å². The van der Waals surface area contributed by atoms with Crippen molar-refractivity contribution in [1.82, 2.24) is 14.8 Å². The number of aromatic nitrogens is 3. The molecule has 0 aromatic carbocycles. The van der Waals surface area contributed by atoms with Crippen LogP contribution >= 0.6 is 38.6 Å². The van der Waals surface area contributed by atoms with Crippen molar-refractivity contribution in [2.45, 2.75) is 19.4 Å². The number of hydrogen-bond acceptors (Lipinski definition) is 7. The molecular formula is C16H15BrN4O3S3. The molecule has 0 radical (unpaired) electrons. The highest BCUT2D eigenvalue weighted by Crippen LogP contribution is 2.32. The lowest BCUT2D eigenvalue weighted by molar-refractivity contribution is 0.102. The average Bonchev–Trinajstić information content (AvgIpc) is 3.34. The number of carbonyl (C=O) groups is 1. The highest BCUT2D eigenvalue weighted by atomic mass is 79.9. The van der Waals surface area contributed by atoms with Gasteiger partial charge in [-0.15, -0.1) is 22.7 Å². The van der Waals surface area contributed by atoms with Gasteiger partial charge in [-0.3, -0.25) is 4.79 Å². The van der Waals surface area contributed by atoms with Crippen LogP contribution in [0.25, 0.3) is 9.88 Å². The van der Waals surface area contributed by atoms with Gasteiger partial charge in [0.1, 0.15) is 16.5 Å². The van der Waals surface area contributed by atoms with E-state index in [2.05, 4.69) is 31.3 Å². The standard InChI is InChI=1S/C16H15BrN4O3S3/c1-9-4-14(21(20-9)11-2-3-27(23,24)8-11)19-15(22)12-7-26-16(18-12)13-5-10(17)6-25-13/h4-7,11H,2-3,8H2,1H3,(H,19,22). The Bertz CT molecular complexity index is 1120. The molecule has 7 nitrogen and oxygen atoms in total. The van der Waals surface area contributed by atoms with Crippen molar-refractivity contribution in [2.24, 2.45) is 0 Å². The number of nitrogens with zero attached hydrogens (tertiary/aromatic N) is 3. The second-order valence-electron chi connectivity index (χ2n) is 6.29. The van der Waals surface area contributed by atoms with Gasteiger partial charge in [0.2, 0.25) is 0 Å². The summed E-state index contributed by atoms with van der Waals surface area (Å²) in [7, 11) is -3.04. The summed E-state index contributed by atoms with van der Waals surface area (Å²) in [5.41, 5.74) is 1.04. The predicted octanol–water partition coefficient (Wildman–Crippen LogP) is 3.75. The van der Waals surface area contributed by atoms with Crippen LogP contribution in [-0.2, 0) is 9.84 Å². The Morgan fingerprint density at radius 3 is 2.81 bits per heavy atom. The zero-order chi connectivity index (χ0) is 19.2. The summed E-state index contributed by atoms with van der Waals surface area (Å²) in [5, 5.41) is 11.7. The average molecular weight is 487 g/mol. The summed E-state index contributed by atoms with van der Waals surface area (Å²) in [5.74, 6) is 0.351. The van der Waals surface area contributed by atoms with E-state index in [9.17, 15) is 13.2 Å². The number of sulfone groups is 1. The van der Waals surface area contributed by atoms with Crippen molar-refractivity contribution >= 4 is 60.2 Å². The van der Waals surface area contributed by atoms with Gasteiger partial charge in [-0.2, -0.15) is 5.10 Å². The summed E-state index contributed by atoms with van der Waals surface area (Å²) >= 11 is 6.37. The van der Waals surface area contributed by atoms with E-state index in [1.54, 1.807) is 27.5 Å². The van der Waals surface area contributed by atoms with Crippen molar-refractivity contribution in [2.75, 3.05) is 16.8 Å². The van der Waals surface area contributed by atoms with Crippen LogP contribution in [0.2, 0.25) is 0 Å². The largest absolute Gasteiger partial charge is 0.305 e. The molecule has 0 spiro atoms. The van der Waals surface area contributed by atoms with E-state index in [1.165, 1.54) is 11.3 Å². The fraction of sp³-hybridized carbons (Fsp3) is 0.312. The summed E-state index contributed by atoms with van der Waals surface area (Å²) < 4.78 is 26.1. The van der Waals surface area contributed by atoms with E-state index < -0.39 is 9.84 Å². The molecule has 1 saturated heterocycles. The Balaban J connectivity index is 1.55. The molecule has 0 saturated carbocycles. The van der Waals surface area contributed by atoms with E-state index in [4.69, 9.17) is 0 Å². The molecule has 1 aliphatic heterocycles. The van der Waals surface area contributed by atoms with E-state index >= 15 is 0 Å². The number of halogens is 1. The van der Waals surface area contributed by atoms with Crippen LogP contribution in [0.5, 0.6) is 0 Å². The Kier molecular flexibility index (Phi) is 4.95. The van der Waals surface area contributed by atoms with Crippen molar-refractivity contribution in [3.8, 4) is 9.88 Å². The Morgan fingerprint density at radius 1 is 1.33 bits per heavy atom. The van der Waals surface area contributed by atoms with Crippen LogP contribution in [0.4, 0.5) is 5.82 Å². The number of nitrogens with one attached hydrogen (secondary N) is 1. The van der Waals surface area contributed by atoms with Crippen LogP contribution in [0.15, 0.2) is 27.4 Å². The van der Waals surface area contributed by atoms with Crippen LogP contribution in [0.3, 0.4) is 0 Å². The van der Waals surface area contributed by atoms with Gasteiger partial charge in [0.15, 0.2) is 9.84 Å². The molecular weight excluding hydrogens is 472 g/mol. The Morgan fingerprint density at radius 2 is 2.15 bits per heavy atom. The van der Waals surface area contributed by atoms with Gasteiger partial charge in [-0.25, -0.2) is 18.1 Å². The lowest BCUT2D eigenvalue weighted by Gasteiger charge is -2.13. The number of thiophene rings is 1. The van der Waals surface area contributed by atoms with E-state index in [1.807, 2.05) is 18.4 Å². The van der Waals surface area contributed by atoms with Crippen LogP contribution < -0.4 is 5.32 Å². The first-order valence-corrected chi connectivity index (χ1v) is 12.5. The van der Waals surface area contributed by atoms with Crippen molar-refractivity contribution in [3.05, 3.63) is 38.8 Å². The highest BCUT2D eigenvalue weighted by molar-refractivity contribution is 9.10. The van der Waals surface area contributed by atoms with Gasteiger partial charge in [-0.1, -0.05) is 0 Å². The first-order chi connectivity index (χ1) is 12.8. The molecule has 27 heavy (non-hydrogen) atoms. The second-order valence-corrected chi connectivity index (χ2v) is 11.2. The van der Waals surface area contributed by atoms with Crippen LogP contribution in [0, 0.1) is 6.92 Å². The fourth-order valence-electron chi connectivity index (χ4n) is 2.95. The Labute approximate surface area is 172 Å². The van der Waals surface area contributed by atoms with Crippen LogP contribution in [-0.4, -0.2) is 40.6 Å².